The summed E-state index contributed by atoms with van der Waals surface area (Å²) in [6.07, 6.45) is -0.579. The summed E-state index contributed by atoms with van der Waals surface area (Å²) in [5.41, 5.74) is 0. The Kier molecular flexibility index (Phi) is 6.75. The zero-order valence-electron chi connectivity index (χ0n) is 12.1. The van der Waals surface area contributed by atoms with Gasteiger partial charge in [0.25, 0.3) is 0 Å². The van der Waals surface area contributed by atoms with Gasteiger partial charge in [0, 0.05) is 14.2 Å². The molecule has 19 heavy (non-hydrogen) atoms. The average molecular weight is 272 g/mol. The number of ether oxygens (including phenoxy) is 1. The van der Waals surface area contributed by atoms with Gasteiger partial charge in [-0.1, -0.05) is 18.9 Å². The van der Waals surface area contributed by atoms with Crippen LogP contribution in [-0.2, 0) is 11.3 Å². The minimum Gasteiger partial charge on any atom is -0.407 e. The van der Waals surface area contributed by atoms with Gasteiger partial charge >= 0.3 is 6.01 Å². The van der Waals surface area contributed by atoms with Crippen LogP contribution in [0.3, 0.4) is 0 Å². The molecule has 0 aliphatic heterocycles. The zero-order valence-corrected chi connectivity index (χ0v) is 12.1. The van der Waals surface area contributed by atoms with Crippen LogP contribution in [-0.4, -0.2) is 55.3 Å². The largest absolute Gasteiger partial charge is 0.407 e. The Bertz CT molecular complexity index is 356. The molecular weight excluding hydrogens is 248 g/mol. The first-order valence-corrected chi connectivity index (χ1v) is 6.44. The molecule has 0 aliphatic carbocycles. The van der Waals surface area contributed by atoms with Crippen molar-refractivity contribution in [1.29, 1.82) is 0 Å². The van der Waals surface area contributed by atoms with Crippen molar-refractivity contribution >= 4 is 6.01 Å². The fourth-order valence-electron chi connectivity index (χ4n) is 1.58. The molecule has 0 spiro atoms. The lowest BCUT2D eigenvalue weighted by Crippen LogP contribution is -2.32. The average Bonchev–Trinajstić information content (AvgIpc) is 2.77. The lowest BCUT2D eigenvalue weighted by molar-refractivity contribution is 0.0689. The summed E-state index contributed by atoms with van der Waals surface area (Å²) in [6.45, 7) is 6.39. The molecule has 0 amide bonds. The van der Waals surface area contributed by atoms with E-state index < -0.39 is 6.10 Å². The highest BCUT2D eigenvalue weighted by atomic mass is 16.5. The fraction of sp³-hybridized carbons (Fsp3) is 0.833. The Labute approximate surface area is 114 Å². The first kappa shape index (κ1) is 15.9. The van der Waals surface area contributed by atoms with E-state index in [0.29, 0.717) is 30.9 Å². The van der Waals surface area contributed by atoms with Crippen LogP contribution in [0.5, 0.6) is 0 Å². The Morgan fingerprint density at radius 1 is 1.42 bits per heavy atom. The lowest BCUT2D eigenvalue weighted by Gasteiger charge is -2.17. The molecule has 7 heteroatoms. The van der Waals surface area contributed by atoms with E-state index in [1.54, 1.807) is 19.1 Å². The summed E-state index contributed by atoms with van der Waals surface area (Å²) in [7, 11) is 3.34. The summed E-state index contributed by atoms with van der Waals surface area (Å²) in [4.78, 5) is 1.71. The van der Waals surface area contributed by atoms with Gasteiger partial charge in [-0.05, 0) is 12.5 Å². The highest BCUT2D eigenvalue weighted by Gasteiger charge is 2.14. The van der Waals surface area contributed by atoms with E-state index in [-0.39, 0.29) is 6.61 Å². The van der Waals surface area contributed by atoms with Crippen molar-refractivity contribution in [3.05, 3.63) is 5.89 Å². The lowest BCUT2D eigenvalue weighted by atomic mass is 10.2. The first-order chi connectivity index (χ1) is 9.02. The molecule has 110 valence electrons. The van der Waals surface area contributed by atoms with Crippen LogP contribution in [0.15, 0.2) is 4.42 Å². The number of hydrogen-bond donors (Lipinski definition) is 2. The molecule has 0 aliphatic rings. The van der Waals surface area contributed by atoms with Crippen LogP contribution >= 0.6 is 0 Å². The maximum absolute atomic E-state index is 9.62. The third kappa shape index (κ3) is 6.00. The number of anilines is 1. The van der Waals surface area contributed by atoms with E-state index in [1.165, 1.54) is 0 Å². The van der Waals surface area contributed by atoms with Crippen molar-refractivity contribution in [2.45, 2.75) is 26.5 Å². The van der Waals surface area contributed by atoms with Gasteiger partial charge in [-0.2, -0.15) is 0 Å². The number of hydrogen-bond acceptors (Lipinski definition) is 7. The second-order valence-corrected chi connectivity index (χ2v) is 4.99. The second kappa shape index (κ2) is 8.08. The smallest absolute Gasteiger partial charge is 0.318 e. The van der Waals surface area contributed by atoms with E-state index in [0.717, 1.165) is 6.54 Å². The molecule has 1 heterocycles. The Hall–Kier alpha value is -1.18. The molecule has 0 saturated carbocycles. The standard InChI is InChI=1S/C12H24N4O3/c1-9(2)5-13-6-11-14-15-12(19-11)16(3)7-10(17)8-18-4/h9-10,13,17H,5-8H2,1-4H3. The van der Waals surface area contributed by atoms with Crippen LogP contribution in [0.4, 0.5) is 6.01 Å². The van der Waals surface area contributed by atoms with Gasteiger partial charge in [0.15, 0.2) is 0 Å². The molecule has 2 N–H and O–H groups in total. The number of aromatic nitrogens is 2. The first-order valence-electron chi connectivity index (χ1n) is 6.44. The van der Waals surface area contributed by atoms with Gasteiger partial charge in [0.1, 0.15) is 0 Å². The highest BCUT2D eigenvalue weighted by molar-refractivity contribution is 5.22. The molecule has 0 bridgehead atoms. The number of nitrogens with zero attached hydrogens (tertiary/aromatic N) is 3. The van der Waals surface area contributed by atoms with Crippen LogP contribution in [0.2, 0.25) is 0 Å². The number of rotatable bonds is 9. The number of nitrogens with one attached hydrogen (secondary N) is 1. The summed E-state index contributed by atoms with van der Waals surface area (Å²) in [5, 5.41) is 20.7. The monoisotopic (exact) mass is 272 g/mol. The number of aliphatic hydroxyl groups is 1. The Morgan fingerprint density at radius 2 is 2.16 bits per heavy atom. The van der Waals surface area contributed by atoms with E-state index in [4.69, 9.17) is 9.15 Å². The molecule has 1 rings (SSSR count). The zero-order chi connectivity index (χ0) is 14.3. The van der Waals surface area contributed by atoms with Gasteiger partial charge in [-0.3, -0.25) is 0 Å². The third-order valence-electron chi connectivity index (χ3n) is 2.46. The van der Waals surface area contributed by atoms with Crippen molar-refractivity contribution in [2.75, 3.05) is 38.8 Å². The van der Waals surface area contributed by atoms with Crippen molar-refractivity contribution in [3.63, 3.8) is 0 Å². The molecule has 7 nitrogen and oxygen atoms in total. The summed E-state index contributed by atoms with van der Waals surface area (Å²) in [5.74, 6) is 1.12. The topological polar surface area (TPSA) is 83.7 Å². The molecule has 0 aromatic carbocycles. The summed E-state index contributed by atoms with van der Waals surface area (Å²) in [6, 6.07) is 0.400. The Balaban J connectivity index is 2.40. The number of aliphatic hydroxyl groups excluding tert-OH is 1. The molecule has 0 fully saturated rings. The van der Waals surface area contributed by atoms with Crippen molar-refractivity contribution in [2.24, 2.45) is 5.92 Å². The highest BCUT2D eigenvalue weighted by Crippen LogP contribution is 2.10. The van der Waals surface area contributed by atoms with Crippen molar-refractivity contribution in [1.82, 2.24) is 15.5 Å². The van der Waals surface area contributed by atoms with Crippen molar-refractivity contribution < 1.29 is 14.3 Å². The molecule has 0 saturated heterocycles. The quantitative estimate of drug-likeness (QED) is 0.667. The van der Waals surface area contributed by atoms with Crippen LogP contribution < -0.4 is 10.2 Å². The minimum atomic E-state index is -0.579. The van der Waals surface area contributed by atoms with E-state index in [2.05, 4.69) is 29.4 Å². The van der Waals surface area contributed by atoms with Crippen LogP contribution in [0.1, 0.15) is 19.7 Å². The van der Waals surface area contributed by atoms with Gasteiger partial charge in [0.2, 0.25) is 5.89 Å². The van der Waals surface area contributed by atoms with Crippen LogP contribution in [0, 0.1) is 5.92 Å². The van der Waals surface area contributed by atoms with Gasteiger partial charge < -0.3 is 24.5 Å². The Morgan fingerprint density at radius 3 is 2.79 bits per heavy atom. The molecular formula is C12H24N4O3. The number of likely N-dealkylation sites (N-methyl/N-ethyl adjacent to an activating group) is 1. The van der Waals surface area contributed by atoms with Crippen LogP contribution in [0.25, 0.3) is 0 Å². The second-order valence-electron chi connectivity index (χ2n) is 4.99. The third-order valence-corrected chi connectivity index (χ3v) is 2.46. The summed E-state index contributed by atoms with van der Waals surface area (Å²) >= 11 is 0. The van der Waals surface area contributed by atoms with E-state index in [9.17, 15) is 5.11 Å². The molecule has 0 radical (unpaired) electrons. The normalized spacial score (nSPS) is 12.9. The predicted molar refractivity (Wildman–Crippen MR) is 72.0 cm³/mol. The van der Waals surface area contributed by atoms with Gasteiger partial charge in [0.05, 0.1) is 25.8 Å². The minimum absolute atomic E-state index is 0.279. The maximum Gasteiger partial charge on any atom is 0.318 e. The molecule has 1 atom stereocenters. The maximum atomic E-state index is 9.62. The summed E-state index contributed by atoms with van der Waals surface area (Å²) < 4.78 is 10.4. The fourth-order valence-corrected chi connectivity index (χ4v) is 1.58. The number of methoxy groups -OCH3 is 1. The molecule has 1 unspecified atom stereocenters. The van der Waals surface area contributed by atoms with E-state index >= 15 is 0 Å². The SMILES string of the molecule is COCC(O)CN(C)c1nnc(CNCC(C)C)o1. The van der Waals surface area contributed by atoms with Gasteiger partial charge in [-0.15, -0.1) is 5.10 Å². The van der Waals surface area contributed by atoms with Gasteiger partial charge in [-0.25, -0.2) is 0 Å². The molecule has 1 aromatic heterocycles. The predicted octanol–water partition coefficient (Wildman–Crippen LogP) is 0.259. The molecule has 1 aromatic rings. The van der Waals surface area contributed by atoms with Crippen molar-refractivity contribution in [3.8, 4) is 0 Å². The van der Waals surface area contributed by atoms with E-state index in [1.807, 2.05) is 0 Å².